The number of primary amides is 1. The van der Waals surface area contributed by atoms with Crippen LogP contribution in [-0.4, -0.2) is 50.0 Å². The van der Waals surface area contributed by atoms with Crippen molar-refractivity contribution in [2.75, 3.05) is 13.3 Å². The average Bonchev–Trinajstić information content (AvgIpc) is 3.51. The number of nitrogens with one attached hydrogen (secondary N) is 1. The van der Waals surface area contributed by atoms with Crippen LogP contribution in [0.3, 0.4) is 0 Å². The number of ether oxygens (including phenoxy) is 1. The molecule has 0 saturated heterocycles. The maximum atomic E-state index is 13.7. The Morgan fingerprint density at radius 2 is 1.90 bits per heavy atom. The number of aromatic nitrogens is 1. The number of carbonyl (C=O) groups is 1. The summed E-state index contributed by atoms with van der Waals surface area (Å²) >= 11 is 0. The van der Waals surface area contributed by atoms with Gasteiger partial charge in [-0.2, -0.15) is 4.98 Å². The molecule has 1 aromatic heterocycles. The van der Waals surface area contributed by atoms with Crippen LogP contribution in [0, 0.1) is 0 Å². The van der Waals surface area contributed by atoms with E-state index >= 15 is 0 Å². The molecule has 0 radical (unpaired) electrons. The minimum Gasteiger partial charge on any atom is -0.436 e. The van der Waals surface area contributed by atoms with Crippen LogP contribution in [0.5, 0.6) is 5.88 Å². The van der Waals surface area contributed by atoms with Crippen LogP contribution in [0.1, 0.15) is 24.2 Å². The summed E-state index contributed by atoms with van der Waals surface area (Å²) in [6, 6.07) is 14.1. The maximum absolute atomic E-state index is 13.7. The Kier molecular flexibility index (Phi) is 7.50. The fraction of sp³-hybridized carbons (Fsp3) is 0.241. The van der Waals surface area contributed by atoms with Gasteiger partial charge in [0.05, 0.1) is 16.4 Å². The fourth-order valence-corrected chi connectivity index (χ4v) is 5.84. The third kappa shape index (κ3) is 5.83. The lowest BCUT2D eigenvalue weighted by atomic mass is 9.69. The lowest BCUT2D eigenvalue weighted by Crippen LogP contribution is -2.42. The smallest absolute Gasteiger partial charge is 0.436 e. The molecule has 2 aromatic carbocycles. The number of hydrogen-bond donors (Lipinski definition) is 2. The molecule has 0 saturated carbocycles. The molecule has 220 valence electrons. The summed E-state index contributed by atoms with van der Waals surface area (Å²) in [5.74, 6) is -1.68. The molecule has 42 heavy (non-hydrogen) atoms. The van der Waals surface area contributed by atoms with Gasteiger partial charge in [-0.15, -0.1) is 13.2 Å². The molecule has 0 bridgehead atoms. The molecule has 1 amide bonds. The zero-order valence-electron chi connectivity index (χ0n) is 22.6. The molecule has 9 nitrogen and oxygen atoms in total. The van der Waals surface area contributed by atoms with Crippen LogP contribution in [0.15, 0.2) is 93.9 Å². The van der Waals surface area contributed by atoms with Crippen molar-refractivity contribution in [2.24, 2.45) is 5.73 Å². The van der Waals surface area contributed by atoms with Crippen molar-refractivity contribution in [3.05, 3.63) is 95.9 Å². The highest BCUT2D eigenvalue weighted by molar-refractivity contribution is 7.90. The number of oxazole rings is 1. The topological polar surface area (TPSA) is 128 Å². The molecule has 2 aliphatic rings. The molecule has 1 aliphatic carbocycles. The van der Waals surface area contributed by atoms with Gasteiger partial charge < -0.3 is 20.3 Å². The Hall–Kier alpha value is -4.36. The van der Waals surface area contributed by atoms with Crippen molar-refractivity contribution in [3.63, 3.8) is 0 Å². The number of allylic oxidation sites excluding steroid dienone is 4. The molecular formula is C29H27F3N4O5S. The summed E-state index contributed by atoms with van der Waals surface area (Å²) in [4.78, 5) is 16.2. The number of benzene rings is 2. The first kappa shape index (κ1) is 29.1. The van der Waals surface area contributed by atoms with Gasteiger partial charge >= 0.3 is 6.36 Å². The van der Waals surface area contributed by atoms with Crippen molar-refractivity contribution >= 4 is 21.3 Å². The van der Waals surface area contributed by atoms with Crippen LogP contribution < -0.4 is 15.9 Å². The van der Waals surface area contributed by atoms with Gasteiger partial charge in [0.1, 0.15) is 0 Å². The first-order chi connectivity index (χ1) is 19.8. The van der Waals surface area contributed by atoms with Crippen molar-refractivity contribution < 1.29 is 35.5 Å². The maximum Gasteiger partial charge on any atom is 0.574 e. The summed E-state index contributed by atoms with van der Waals surface area (Å²) in [7, 11) is -1.80. The molecule has 2 atom stereocenters. The number of rotatable bonds is 8. The van der Waals surface area contributed by atoms with Gasteiger partial charge in [-0.25, -0.2) is 13.4 Å². The van der Waals surface area contributed by atoms with E-state index in [1.54, 1.807) is 78.9 Å². The molecular weight excluding hydrogens is 573 g/mol. The average molecular weight is 601 g/mol. The third-order valence-electron chi connectivity index (χ3n) is 7.18. The number of hydrogen-bond acceptors (Lipinski definition) is 8. The highest BCUT2D eigenvalue weighted by Crippen LogP contribution is 2.50. The Bertz CT molecular complexity index is 1710. The van der Waals surface area contributed by atoms with Gasteiger partial charge in [0.2, 0.25) is 11.8 Å². The number of alkyl halides is 3. The van der Waals surface area contributed by atoms with E-state index < -0.39 is 39.4 Å². The van der Waals surface area contributed by atoms with Crippen LogP contribution in [0.2, 0.25) is 0 Å². The van der Waals surface area contributed by atoms with Crippen LogP contribution in [0.25, 0.3) is 17.0 Å². The SMILES string of the molecule is CN1NC=C(C2(c3oc(-c4ccccc4)nc3OC(F)(F)F)C=CC(c3cccc(S(C)(=O)=O)c3)=CC2)C1CC(N)=O. The molecule has 2 heterocycles. The molecule has 3 aromatic rings. The van der Waals surface area contributed by atoms with Gasteiger partial charge in [0.25, 0.3) is 5.88 Å². The van der Waals surface area contributed by atoms with E-state index in [2.05, 4.69) is 15.1 Å². The van der Waals surface area contributed by atoms with Crippen LogP contribution in [-0.2, 0) is 20.0 Å². The first-order valence-electron chi connectivity index (χ1n) is 12.8. The number of nitrogens with zero attached hydrogens (tertiary/aromatic N) is 2. The quantitative estimate of drug-likeness (QED) is 0.387. The van der Waals surface area contributed by atoms with Gasteiger partial charge in [-0.1, -0.05) is 48.6 Å². The van der Waals surface area contributed by atoms with Crippen molar-refractivity contribution in [3.8, 4) is 17.3 Å². The lowest BCUT2D eigenvalue weighted by Gasteiger charge is -2.35. The number of hydrazine groups is 1. The van der Waals surface area contributed by atoms with Crippen molar-refractivity contribution in [1.29, 1.82) is 0 Å². The van der Waals surface area contributed by atoms with Crippen LogP contribution in [0.4, 0.5) is 13.2 Å². The minimum atomic E-state index is -5.07. The summed E-state index contributed by atoms with van der Waals surface area (Å²) in [5, 5.41) is 1.63. The monoisotopic (exact) mass is 600 g/mol. The second kappa shape index (κ2) is 10.8. The van der Waals surface area contributed by atoms with E-state index in [0.717, 1.165) is 6.26 Å². The Morgan fingerprint density at radius 3 is 2.52 bits per heavy atom. The number of sulfone groups is 1. The van der Waals surface area contributed by atoms with Crippen molar-refractivity contribution in [1.82, 2.24) is 15.4 Å². The van der Waals surface area contributed by atoms with E-state index in [9.17, 15) is 26.4 Å². The largest absolute Gasteiger partial charge is 0.574 e. The molecule has 5 rings (SSSR count). The Morgan fingerprint density at radius 1 is 1.19 bits per heavy atom. The molecule has 0 spiro atoms. The number of halogens is 3. The first-order valence-corrected chi connectivity index (χ1v) is 14.7. The highest BCUT2D eigenvalue weighted by atomic mass is 32.2. The predicted molar refractivity (Wildman–Crippen MR) is 148 cm³/mol. The van der Waals surface area contributed by atoms with Gasteiger partial charge in [-0.05, 0) is 47.4 Å². The van der Waals surface area contributed by atoms with Crippen molar-refractivity contribution in [2.45, 2.75) is 35.6 Å². The van der Waals surface area contributed by atoms with E-state index in [4.69, 9.17) is 10.2 Å². The second-order valence-corrected chi connectivity index (χ2v) is 12.1. The molecule has 3 N–H and O–H groups in total. The summed E-state index contributed by atoms with van der Waals surface area (Å²) < 4.78 is 75.7. The minimum absolute atomic E-state index is 0.0657. The highest BCUT2D eigenvalue weighted by Gasteiger charge is 2.49. The van der Waals surface area contributed by atoms with Crippen LogP contribution >= 0.6 is 0 Å². The number of carbonyl (C=O) groups excluding carboxylic acids is 1. The zero-order valence-corrected chi connectivity index (χ0v) is 23.4. The van der Waals surface area contributed by atoms with Gasteiger partial charge in [0, 0.05) is 31.5 Å². The van der Waals surface area contributed by atoms with E-state index in [1.807, 2.05) is 0 Å². The third-order valence-corrected chi connectivity index (χ3v) is 8.29. The van der Waals surface area contributed by atoms with E-state index in [-0.39, 0.29) is 29.4 Å². The Balaban J connectivity index is 1.67. The van der Waals surface area contributed by atoms with E-state index in [0.29, 0.717) is 22.3 Å². The lowest BCUT2D eigenvalue weighted by molar-refractivity contribution is -0.276. The summed E-state index contributed by atoms with van der Waals surface area (Å²) in [6.07, 6.45) is 2.67. The fourth-order valence-electron chi connectivity index (χ4n) is 5.17. The predicted octanol–water partition coefficient (Wildman–Crippen LogP) is 4.50. The van der Waals surface area contributed by atoms with Gasteiger partial charge in [-0.3, -0.25) is 4.79 Å². The standard InChI is InChI=1S/C29H27F3N4O5S/c1-36-23(16-24(33)37)22(17-34-36)28(13-11-18(12-14-28)20-9-6-10-21(15-20)42(2,38)39)25-27(41-29(30,31)32)35-26(40-25)19-7-4-3-5-8-19/h3-13,15,17,23,34H,14,16H2,1-2H3,(H2,33,37). The zero-order chi connectivity index (χ0) is 30.3. The molecule has 1 aliphatic heterocycles. The van der Waals surface area contributed by atoms with E-state index in [1.165, 1.54) is 12.1 Å². The second-order valence-electron chi connectivity index (χ2n) is 10.1. The molecule has 2 unspecified atom stereocenters. The molecule has 13 heteroatoms. The number of nitrogens with two attached hydrogens (primary N) is 1. The Labute approximate surface area is 240 Å². The molecule has 0 fully saturated rings. The normalized spacial score (nSPS) is 21.0. The summed E-state index contributed by atoms with van der Waals surface area (Å²) in [6.45, 7) is 0. The number of likely N-dealkylation sites (N-methyl/N-ethyl adjacent to an activating group) is 1. The van der Waals surface area contributed by atoms with Gasteiger partial charge in [0.15, 0.2) is 15.6 Å². The number of amides is 1. The summed E-state index contributed by atoms with van der Waals surface area (Å²) in [5.41, 5.74) is 9.33.